The van der Waals surface area contributed by atoms with Crippen LogP contribution in [0.5, 0.6) is 0 Å². The molecule has 0 aromatic rings. The summed E-state index contributed by atoms with van der Waals surface area (Å²) in [6, 6.07) is 0. The molecule has 1 heteroatoms. The van der Waals surface area contributed by atoms with Gasteiger partial charge in [0, 0.05) is 13.2 Å². The molecule has 0 aliphatic rings. The molecule has 1 nitrogen and oxygen atoms in total. The molecule has 0 aromatic carbocycles. The summed E-state index contributed by atoms with van der Waals surface area (Å²) in [6.45, 7) is 8.34. The van der Waals surface area contributed by atoms with Crippen LogP contribution >= 0.6 is 0 Å². The summed E-state index contributed by atoms with van der Waals surface area (Å²) < 4.78 is 5.34. The number of hydrogen-bond acceptors (Lipinski definition) is 1. The first-order valence-corrected chi connectivity index (χ1v) is 4.42. The first kappa shape index (κ1) is 9.96. The van der Waals surface area contributed by atoms with Crippen LogP contribution in [0.15, 0.2) is 0 Å². The highest BCUT2D eigenvalue weighted by Crippen LogP contribution is 2.10. The second-order valence-corrected chi connectivity index (χ2v) is 2.72. The van der Waals surface area contributed by atoms with Gasteiger partial charge >= 0.3 is 0 Å². The molecule has 0 bridgehead atoms. The van der Waals surface area contributed by atoms with Crippen molar-refractivity contribution >= 4 is 0 Å². The van der Waals surface area contributed by atoms with E-state index in [1.54, 1.807) is 0 Å². The van der Waals surface area contributed by atoms with Gasteiger partial charge in [-0.3, -0.25) is 0 Å². The van der Waals surface area contributed by atoms with Crippen LogP contribution < -0.4 is 0 Å². The van der Waals surface area contributed by atoms with E-state index in [4.69, 9.17) is 4.74 Å². The smallest absolute Gasteiger partial charge is 0.0494 e. The third-order valence-electron chi connectivity index (χ3n) is 1.83. The van der Waals surface area contributed by atoms with E-state index in [-0.39, 0.29) is 0 Å². The highest BCUT2D eigenvalue weighted by atomic mass is 16.5. The molecule has 0 saturated carbocycles. The van der Waals surface area contributed by atoms with Crippen LogP contribution in [-0.4, -0.2) is 13.2 Å². The maximum atomic E-state index is 5.34. The zero-order chi connectivity index (χ0) is 7.82. The molecule has 0 amide bonds. The monoisotopic (exact) mass is 144 g/mol. The van der Waals surface area contributed by atoms with Gasteiger partial charge in [-0.15, -0.1) is 0 Å². The fourth-order valence-electron chi connectivity index (χ4n) is 1.10. The quantitative estimate of drug-likeness (QED) is 0.557. The average molecular weight is 144 g/mol. The largest absolute Gasteiger partial charge is 0.381 e. The molecule has 0 heterocycles. The molecular weight excluding hydrogens is 124 g/mol. The van der Waals surface area contributed by atoms with Gasteiger partial charge in [0.25, 0.3) is 0 Å². The maximum absolute atomic E-state index is 5.34. The Morgan fingerprint density at radius 3 is 2.30 bits per heavy atom. The summed E-state index contributed by atoms with van der Waals surface area (Å²) in [6.07, 6.45) is 3.86. The summed E-state index contributed by atoms with van der Waals surface area (Å²) in [5.41, 5.74) is 0. The molecule has 0 aliphatic heterocycles. The third kappa shape index (κ3) is 4.80. The highest BCUT2D eigenvalue weighted by molar-refractivity contribution is 4.53. The van der Waals surface area contributed by atoms with E-state index in [2.05, 4.69) is 20.8 Å². The lowest BCUT2D eigenvalue weighted by Crippen LogP contribution is -2.07. The van der Waals surface area contributed by atoms with Crippen LogP contribution in [0, 0.1) is 5.92 Å². The molecule has 0 aromatic heterocycles. The summed E-state index contributed by atoms with van der Waals surface area (Å²) in [7, 11) is 0. The van der Waals surface area contributed by atoms with Gasteiger partial charge in [-0.2, -0.15) is 0 Å². The fraction of sp³-hybridized carbons (Fsp3) is 1.00. The Morgan fingerprint density at radius 2 is 1.90 bits per heavy atom. The minimum Gasteiger partial charge on any atom is -0.381 e. The first-order valence-electron chi connectivity index (χ1n) is 4.42. The molecule has 0 N–H and O–H groups in total. The van der Waals surface area contributed by atoms with E-state index in [1.165, 1.54) is 19.3 Å². The van der Waals surface area contributed by atoms with Gasteiger partial charge in [-0.05, 0) is 19.3 Å². The predicted molar refractivity (Wildman–Crippen MR) is 45.2 cm³/mol. The van der Waals surface area contributed by atoms with Gasteiger partial charge in [-0.25, -0.2) is 0 Å². The van der Waals surface area contributed by atoms with Gasteiger partial charge in [0.1, 0.15) is 0 Å². The van der Waals surface area contributed by atoms with Crippen LogP contribution in [-0.2, 0) is 4.74 Å². The van der Waals surface area contributed by atoms with Crippen molar-refractivity contribution in [3.8, 4) is 0 Å². The van der Waals surface area contributed by atoms with Crippen molar-refractivity contribution in [1.82, 2.24) is 0 Å². The van der Waals surface area contributed by atoms with Crippen molar-refractivity contribution in [1.29, 1.82) is 0 Å². The van der Waals surface area contributed by atoms with Crippen molar-refractivity contribution in [3.05, 3.63) is 0 Å². The molecule has 1 unspecified atom stereocenters. The molecule has 1 atom stereocenters. The zero-order valence-corrected chi connectivity index (χ0v) is 7.52. The van der Waals surface area contributed by atoms with Crippen LogP contribution in [0.25, 0.3) is 0 Å². The normalized spacial score (nSPS) is 13.5. The molecule has 0 fully saturated rings. The van der Waals surface area contributed by atoms with Crippen molar-refractivity contribution in [2.75, 3.05) is 13.2 Å². The molecule has 0 aliphatic carbocycles. The third-order valence-corrected chi connectivity index (χ3v) is 1.83. The van der Waals surface area contributed by atoms with E-state index in [9.17, 15) is 0 Å². The molecule has 62 valence electrons. The molecule has 10 heavy (non-hydrogen) atoms. The number of ether oxygens (including phenoxy) is 1. The Balaban J connectivity index is 3.21. The van der Waals surface area contributed by atoms with E-state index < -0.39 is 0 Å². The molecule has 0 saturated heterocycles. The number of hydrogen-bond donors (Lipinski definition) is 0. The van der Waals surface area contributed by atoms with Gasteiger partial charge in [0.05, 0.1) is 0 Å². The van der Waals surface area contributed by atoms with Gasteiger partial charge < -0.3 is 4.74 Å². The minimum absolute atomic E-state index is 0.796. The Kier molecular flexibility index (Phi) is 7.04. The topological polar surface area (TPSA) is 9.23 Å². The van der Waals surface area contributed by atoms with Crippen molar-refractivity contribution in [3.63, 3.8) is 0 Å². The summed E-state index contributed by atoms with van der Waals surface area (Å²) >= 11 is 0. The molecule has 0 radical (unpaired) electrons. The number of rotatable bonds is 6. The van der Waals surface area contributed by atoms with E-state index in [1.807, 2.05) is 0 Å². The first-order chi connectivity index (χ1) is 4.85. The minimum atomic E-state index is 0.796. The Hall–Kier alpha value is -0.0400. The Bertz CT molecular complexity index is 61.7. The predicted octanol–water partition coefficient (Wildman–Crippen LogP) is 2.85. The zero-order valence-electron chi connectivity index (χ0n) is 7.52. The standard InChI is InChI=1S/C9H20O/c1-4-7-9(5-2)8-10-6-3/h9H,4-8H2,1-3H3. The Labute approximate surface area is 64.8 Å². The SMILES string of the molecule is CCCC(CC)COCC. The van der Waals surface area contributed by atoms with E-state index in [0.717, 1.165) is 19.1 Å². The summed E-state index contributed by atoms with van der Waals surface area (Å²) in [4.78, 5) is 0. The van der Waals surface area contributed by atoms with E-state index in [0.29, 0.717) is 0 Å². The Morgan fingerprint density at radius 1 is 1.20 bits per heavy atom. The van der Waals surface area contributed by atoms with Gasteiger partial charge in [-0.1, -0.05) is 26.7 Å². The van der Waals surface area contributed by atoms with Crippen molar-refractivity contribution < 1.29 is 4.74 Å². The molecule has 0 rings (SSSR count). The summed E-state index contributed by atoms with van der Waals surface area (Å²) in [5, 5.41) is 0. The average Bonchev–Trinajstić information content (AvgIpc) is 1.98. The van der Waals surface area contributed by atoms with Gasteiger partial charge in [0.2, 0.25) is 0 Å². The van der Waals surface area contributed by atoms with Crippen LogP contribution in [0.3, 0.4) is 0 Å². The molecular formula is C9H20O. The van der Waals surface area contributed by atoms with Crippen LogP contribution in [0.1, 0.15) is 40.0 Å². The van der Waals surface area contributed by atoms with Crippen LogP contribution in [0.2, 0.25) is 0 Å². The maximum Gasteiger partial charge on any atom is 0.0494 e. The lowest BCUT2D eigenvalue weighted by molar-refractivity contribution is 0.105. The second-order valence-electron chi connectivity index (χ2n) is 2.72. The van der Waals surface area contributed by atoms with E-state index >= 15 is 0 Å². The van der Waals surface area contributed by atoms with Crippen LogP contribution in [0.4, 0.5) is 0 Å². The molecule has 0 spiro atoms. The lowest BCUT2D eigenvalue weighted by Gasteiger charge is -2.12. The highest BCUT2D eigenvalue weighted by Gasteiger charge is 2.03. The fourth-order valence-corrected chi connectivity index (χ4v) is 1.10. The van der Waals surface area contributed by atoms with Gasteiger partial charge in [0.15, 0.2) is 0 Å². The second kappa shape index (κ2) is 7.07. The van der Waals surface area contributed by atoms with Crippen molar-refractivity contribution in [2.24, 2.45) is 5.92 Å². The summed E-state index contributed by atoms with van der Waals surface area (Å²) in [5.74, 6) is 0.796. The van der Waals surface area contributed by atoms with Crippen molar-refractivity contribution in [2.45, 2.75) is 40.0 Å². The lowest BCUT2D eigenvalue weighted by atomic mass is 10.0.